The molecule has 4 nitrogen and oxygen atoms in total. The zero-order valence-electron chi connectivity index (χ0n) is 11.6. The lowest BCUT2D eigenvalue weighted by molar-refractivity contribution is 0.504. The highest BCUT2D eigenvalue weighted by Crippen LogP contribution is 2.31. The van der Waals surface area contributed by atoms with Crippen LogP contribution in [0.3, 0.4) is 0 Å². The van der Waals surface area contributed by atoms with E-state index in [1.807, 2.05) is 13.1 Å². The van der Waals surface area contributed by atoms with E-state index in [2.05, 4.69) is 53.4 Å². The van der Waals surface area contributed by atoms with Crippen LogP contribution in [0, 0.1) is 5.92 Å². The van der Waals surface area contributed by atoms with Gasteiger partial charge in [-0.3, -0.25) is 0 Å². The Morgan fingerprint density at radius 2 is 2.00 bits per heavy atom. The van der Waals surface area contributed by atoms with Gasteiger partial charge in [0.2, 0.25) is 5.95 Å². The predicted octanol–water partition coefficient (Wildman–Crippen LogP) is 3.21. The van der Waals surface area contributed by atoms with Gasteiger partial charge in [-0.1, -0.05) is 13.8 Å². The Morgan fingerprint density at radius 1 is 1.28 bits per heavy atom. The van der Waals surface area contributed by atoms with Crippen molar-refractivity contribution in [2.24, 2.45) is 5.92 Å². The van der Waals surface area contributed by atoms with Gasteiger partial charge in [0.25, 0.3) is 0 Å². The zero-order chi connectivity index (χ0) is 13.3. The van der Waals surface area contributed by atoms with Crippen LogP contribution in [0.2, 0.25) is 0 Å². The Hall–Kier alpha value is -1.36. The lowest BCUT2D eigenvalue weighted by atomic mass is 10.1. The molecule has 1 atom stereocenters. The minimum atomic E-state index is 0.440. The van der Waals surface area contributed by atoms with Crippen LogP contribution in [0.15, 0.2) is 11.4 Å². The predicted molar refractivity (Wildman–Crippen MR) is 79.7 cm³/mol. The van der Waals surface area contributed by atoms with Crippen LogP contribution >= 0.6 is 11.3 Å². The summed E-state index contributed by atoms with van der Waals surface area (Å²) in [5.74, 6) is 2.28. The molecule has 0 saturated carbocycles. The molecule has 2 rings (SSSR count). The van der Waals surface area contributed by atoms with E-state index in [1.54, 1.807) is 11.3 Å². The number of nitrogens with one attached hydrogen (secondary N) is 1. The summed E-state index contributed by atoms with van der Waals surface area (Å²) in [6, 6.07) is 2.48. The average molecular weight is 264 g/mol. The normalized spacial score (nSPS) is 13.0. The third-order valence-electron chi connectivity index (χ3n) is 3.42. The van der Waals surface area contributed by atoms with Crippen molar-refractivity contribution < 1.29 is 0 Å². The molecule has 0 aliphatic heterocycles. The van der Waals surface area contributed by atoms with Crippen LogP contribution in [-0.4, -0.2) is 30.1 Å². The minimum Gasteiger partial charge on any atom is -0.357 e. The standard InChI is InChI=1S/C13H20N4S/c1-8(2)9(3)17(5)12-11-10(6-7-18-11)15-13(14-4)16-12/h6-9H,1-5H3,(H,14,15,16). The largest absolute Gasteiger partial charge is 0.357 e. The molecule has 0 amide bonds. The summed E-state index contributed by atoms with van der Waals surface area (Å²) in [5, 5.41) is 5.09. The smallest absolute Gasteiger partial charge is 0.225 e. The van der Waals surface area contributed by atoms with E-state index in [9.17, 15) is 0 Å². The highest BCUT2D eigenvalue weighted by molar-refractivity contribution is 7.17. The van der Waals surface area contributed by atoms with Crippen molar-refractivity contribution in [3.8, 4) is 0 Å². The summed E-state index contributed by atoms with van der Waals surface area (Å²) in [5.41, 5.74) is 1.01. The van der Waals surface area contributed by atoms with Crippen LogP contribution in [0.5, 0.6) is 0 Å². The van der Waals surface area contributed by atoms with Crippen molar-refractivity contribution in [3.05, 3.63) is 11.4 Å². The van der Waals surface area contributed by atoms with Crippen molar-refractivity contribution in [1.82, 2.24) is 9.97 Å². The maximum Gasteiger partial charge on any atom is 0.225 e. The number of rotatable bonds is 4. The van der Waals surface area contributed by atoms with Crippen LogP contribution in [0.4, 0.5) is 11.8 Å². The molecule has 0 fully saturated rings. The molecule has 5 heteroatoms. The molecular formula is C13H20N4S. The van der Waals surface area contributed by atoms with Gasteiger partial charge in [-0.25, -0.2) is 4.98 Å². The minimum absolute atomic E-state index is 0.440. The fraction of sp³-hybridized carbons (Fsp3) is 0.538. The van der Waals surface area contributed by atoms with Gasteiger partial charge in [-0.2, -0.15) is 4.98 Å². The quantitative estimate of drug-likeness (QED) is 0.920. The van der Waals surface area contributed by atoms with Crippen molar-refractivity contribution >= 4 is 33.3 Å². The van der Waals surface area contributed by atoms with Gasteiger partial charge in [0.1, 0.15) is 0 Å². The fourth-order valence-corrected chi connectivity index (χ4v) is 2.70. The van der Waals surface area contributed by atoms with E-state index in [4.69, 9.17) is 0 Å². The highest BCUT2D eigenvalue weighted by Gasteiger charge is 2.19. The first kappa shape index (κ1) is 13.1. The number of aromatic nitrogens is 2. The summed E-state index contributed by atoms with van der Waals surface area (Å²) < 4.78 is 1.16. The summed E-state index contributed by atoms with van der Waals surface area (Å²) >= 11 is 1.70. The molecule has 0 spiro atoms. The number of thiophene rings is 1. The second-order valence-electron chi connectivity index (χ2n) is 4.85. The highest BCUT2D eigenvalue weighted by atomic mass is 32.1. The molecule has 2 aromatic heterocycles. The molecule has 1 unspecified atom stereocenters. The molecule has 98 valence electrons. The first-order chi connectivity index (χ1) is 8.54. The molecule has 18 heavy (non-hydrogen) atoms. The van der Waals surface area contributed by atoms with Crippen LogP contribution in [-0.2, 0) is 0 Å². The molecular weight excluding hydrogens is 244 g/mol. The average Bonchev–Trinajstić information content (AvgIpc) is 2.83. The van der Waals surface area contributed by atoms with Gasteiger partial charge >= 0.3 is 0 Å². The number of fused-ring (bicyclic) bond motifs is 1. The van der Waals surface area contributed by atoms with Crippen LogP contribution in [0.1, 0.15) is 20.8 Å². The first-order valence-electron chi connectivity index (χ1n) is 6.20. The zero-order valence-corrected chi connectivity index (χ0v) is 12.4. The molecule has 0 saturated heterocycles. The third-order valence-corrected chi connectivity index (χ3v) is 4.32. The van der Waals surface area contributed by atoms with E-state index >= 15 is 0 Å². The lowest BCUT2D eigenvalue weighted by Crippen LogP contribution is -2.34. The van der Waals surface area contributed by atoms with E-state index in [-0.39, 0.29) is 0 Å². The first-order valence-corrected chi connectivity index (χ1v) is 7.08. The van der Waals surface area contributed by atoms with Gasteiger partial charge in [0.05, 0.1) is 10.2 Å². The number of nitrogens with zero attached hydrogens (tertiary/aromatic N) is 3. The monoisotopic (exact) mass is 264 g/mol. The molecule has 0 radical (unpaired) electrons. The van der Waals surface area contributed by atoms with Crippen molar-refractivity contribution in [2.75, 3.05) is 24.3 Å². The van der Waals surface area contributed by atoms with Crippen molar-refractivity contribution in [2.45, 2.75) is 26.8 Å². The maximum atomic E-state index is 4.61. The Kier molecular flexibility index (Phi) is 3.71. The van der Waals surface area contributed by atoms with Gasteiger partial charge in [0.15, 0.2) is 5.82 Å². The van der Waals surface area contributed by atoms with Gasteiger partial charge in [-0.15, -0.1) is 11.3 Å². The molecule has 0 aliphatic carbocycles. The molecule has 0 aromatic carbocycles. The third kappa shape index (κ3) is 2.27. The molecule has 2 aromatic rings. The Balaban J connectivity index is 2.51. The second-order valence-corrected chi connectivity index (χ2v) is 5.77. The lowest BCUT2D eigenvalue weighted by Gasteiger charge is -2.29. The second kappa shape index (κ2) is 5.10. The number of anilines is 2. The fourth-order valence-electron chi connectivity index (χ4n) is 1.84. The molecule has 0 bridgehead atoms. The van der Waals surface area contributed by atoms with E-state index < -0.39 is 0 Å². The molecule has 1 N–H and O–H groups in total. The summed E-state index contributed by atoms with van der Waals surface area (Å²) in [4.78, 5) is 11.3. The SMILES string of the molecule is CNc1nc(N(C)C(C)C(C)C)c2sccc2n1. The molecule has 0 aliphatic rings. The van der Waals surface area contributed by atoms with Crippen LogP contribution < -0.4 is 10.2 Å². The van der Waals surface area contributed by atoms with Crippen molar-refractivity contribution in [1.29, 1.82) is 0 Å². The van der Waals surface area contributed by atoms with Gasteiger partial charge < -0.3 is 10.2 Å². The van der Waals surface area contributed by atoms with Crippen molar-refractivity contribution in [3.63, 3.8) is 0 Å². The Labute approximate surface area is 112 Å². The van der Waals surface area contributed by atoms with Crippen LogP contribution in [0.25, 0.3) is 10.2 Å². The van der Waals surface area contributed by atoms with E-state index in [0.29, 0.717) is 17.9 Å². The summed E-state index contributed by atoms with van der Waals surface area (Å²) in [6.45, 7) is 6.69. The maximum absolute atomic E-state index is 4.61. The van der Waals surface area contributed by atoms with E-state index in [0.717, 1.165) is 16.0 Å². The summed E-state index contributed by atoms with van der Waals surface area (Å²) in [7, 11) is 3.95. The van der Waals surface area contributed by atoms with Gasteiger partial charge in [-0.05, 0) is 24.3 Å². The molecule has 2 heterocycles. The Morgan fingerprint density at radius 3 is 2.61 bits per heavy atom. The number of hydrogen-bond donors (Lipinski definition) is 1. The van der Waals surface area contributed by atoms with E-state index in [1.165, 1.54) is 0 Å². The number of hydrogen-bond acceptors (Lipinski definition) is 5. The Bertz CT molecular complexity index is 535. The topological polar surface area (TPSA) is 41.1 Å². The van der Waals surface area contributed by atoms with Gasteiger partial charge in [0, 0.05) is 20.1 Å². The summed E-state index contributed by atoms with van der Waals surface area (Å²) in [6.07, 6.45) is 0.